The maximum atomic E-state index is 12.3. The highest BCUT2D eigenvalue weighted by Crippen LogP contribution is 2.28. The third-order valence-corrected chi connectivity index (χ3v) is 5.20. The maximum Gasteiger partial charge on any atom is 0.234 e. The molecule has 2 aromatic rings. The first-order valence-electron chi connectivity index (χ1n) is 8.93. The average molecular weight is 359 g/mol. The van der Waals surface area contributed by atoms with Gasteiger partial charge in [0, 0.05) is 30.6 Å². The van der Waals surface area contributed by atoms with E-state index < -0.39 is 0 Å². The van der Waals surface area contributed by atoms with Crippen molar-refractivity contribution in [1.82, 2.24) is 10.2 Å². The Hall–Kier alpha value is -1.69. The van der Waals surface area contributed by atoms with Crippen molar-refractivity contribution in [2.24, 2.45) is 0 Å². The molecule has 0 atom stereocenters. The van der Waals surface area contributed by atoms with Gasteiger partial charge in [-0.25, -0.2) is 0 Å². The van der Waals surface area contributed by atoms with E-state index in [0.717, 1.165) is 24.3 Å². The number of amides is 1. The summed E-state index contributed by atoms with van der Waals surface area (Å²) in [6, 6.07) is 13.0. The minimum absolute atomic E-state index is 0.0989. The molecule has 1 aliphatic carbocycles. The van der Waals surface area contributed by atoms with E-state index in [-0.39, 0.29) is 5.91 Å². The topological polar surface area (TPSA) is 41.6 Å². The van der Waals surface area contributed by atoms with E-state index in [1.807, 2.05) is 6.92 Å². The van der Waals surface area contributed by atoms with Crippen LogP contribution < -0.4 is 5.32 Å². The molecule has 1 N–H and O–H groups in total. The van der Waals surface area contributed by atoms with Gasteiger partial charge in [0.05, 0.1) is 13.2 Å². The van der Waals surface area contributed by atoms with E-state index >= 15 is 0 Å². The molecule has 5 heteroatoms. The predicted octanol–water partition coefficient (Wildman–Crippen LogP) is 3.57. The zero-order chi connectivity index (χ0) is 17.5. The summed E-state index contributed by atoms with van der Waals surface area (Å²) in [6.45, 7) is 5.29. The summed E-state index contributed by atoms with van der Waals surface area (Å²) in [6.07, 6.45) is 2.42. The molecule has 25 heavy (non-hydrogen) atoms. The van der Waals surface area contributed by atoms with Gasteiger partial charge in [0.2, 0.25) is 5.91 Å². The third-order valence-electron chi connectivity index (χ3n) is 4.33. The number of nitrogens with one attached hydrogen (secondary N) is 1. The molecule has 1 aromatic carbocycles. The molecule has 134 valence electrons. The number of thiophene rings is 1. The van der Waals surface area contributed by atoms with Crippen molar-refractivity contribution in [2.75, 3.05) is 13.2 Å². The van der Waals surface area contributed by atoms with E-state index in [1.54, 1.807) is 11.3 Å². The summed E-state index contributed by atoms with van der Waals surface area (Å²) in [4.78, 5) is 15.9. The number of rotatable bonds is 10. The molecule has 0 unspecified atom stereocenters. The van der Waals surface area contributed by atoms with E-state index in [4.69, 9.17) is 4.74 Å². The predicted molar refractivity (Wildman–Crippen MR) is 101 cm³/mol. The Morgan fingerprint density at radius 2 is 2.00 bits per heavy atom. The van der Waals surface area contributed by atoms with Gasteiger partial charge in [0.1, 0.15) is 0 Å². The first-order valence-corrected chi connectivity index (χ1v) is 9.81. The molecule has 1 fully saturated rings. The Kier molecular flexibility index (Phi) is 6.62. The number of carbonyl (C=O) groups excluding carboxylic acids is 1. The van der Waals surface area contributed by atoms with Crippen molar-refractivity contribution < 1.29 is 9.53 Å². The summed E-state index contributed by atoms with van der Waals surface area (Å²) in [5.74, 6) is 0.0989. The Balaban J connectivity index is 1.45. The van der Waals surface area contributed by atoms with Gasteiger partial charge in [0.25, 0.3) is 0 Å². The molecule has 3 rings (SSSR count). The van der Waals surface area contributed by atoms with Crippen LogP contribution in [0.2, 0.25) is 0 Å². The number of hydrogen-bond acceptors (Lipinski definition) is 4. The molecular weight excluding hydrogens is 332 g/mol. The van der Waals surface area contributed by atoms with E-state index in [9.17, 15) is 4.79 Å². The molecule has 0 bridgehead atoms. The molecule has 0 saturated heterocycles. The number of ether oxygens (including phenoxy) is 1. The summed E-state index contributed by atoms with van der Waals surface area (Å²) < 4.78 is 5.40. The lowest BCUT2D eigenvalue weighted by Gasteiger charge is -2.20. The zero-order valence-electron chi connectivity index (χ0n) is 14.7. The quantitative estimate of drug-likeness (QED) is 0.706. The van der Waals surface area contributed by atoms with Crippen LogP contribution in [0, 0.1) is 0 Å². The Bertz CT molecular complexity index is 651. The standard InChI is InChI=1S/C20H26N2O2S/c1-2-24-15-17-7-5-16(6-8-17)12-21-20(23)14-22(18-9-10-18)13-19-4-3-11-25-19/h3-8,11,18H,2,9-10,12-15H2,1H3,(H,21,23). The number of nitrogens with zero attached hydrogens (tertiary/aromatic N) is 1. The molecular formula is C20H26N2O2S. The van der Waals surface area contributed by atoms with E-state index in [2.05, 4.69) is 52.0 Å². The highest BCUT2D eigenvalue weighted by Gasteiger charge is 2.30. The van der Waals surface area contributed by atoms with Crippen LogP contribution >= 0.6 is 11.3 Å². The summed E-state index contributed by atoms with van der Waals surface area (Å²) in [7, 11) is 0. The van der Waals surface area contributed by atoms with Crippen LogP contribution in [-0.2, 0) is 29.2 Å². The second-order valence-electron chi connectivity index (χ2n) is 6.45. The summed E-state index contributed by atoms with van der Waals surface area (Å²) in [5.41, 5.74) is 2.28. The normalized spacial score (nSPS) is 14.0. The van der Waals surface area contributed by atoms with Crippen molar-refractivity contribution in [3.8, 4) is 0 Å². The first kappa shape index (κ1) is 18.1. The van der Waals surface area contributed by atoms with Crippen molar-refractivity contribution >= 4 is 17.2 Å². The number of hydrogen-bond donors (Lipinski definition) is 1. The Morgan fingerprint density at radius 1 is 1.24 bits per heavy atom. The average Bonchev–Trinajstić information content (AvgIpc) is 3.36. The van der Waals surface area contributed by atoms with Crippen LogP contribution in [0.25, 0.3) is 0 Å². The molecule has 1 aromatic heterocycles. The molecule has 1 aliphatic rings. The molecule has 1 saturated carbocycles. The highest BCUT2D eigenvalue weighted by molar-refractivity contribution is 7.09. The minimum Gasteiger partial charge on any atom is -0.377 e. The Labute approximate surface area is 153 Å². The van der Waals surface area contributed by atoms with Crippen LogP contribution in [0.1, 0.15) is 35.8 Å². The number of benzene rings is 1. The van der Waals surface area contributed by atoms with Gasteiger partial charge in [-0.3, -0.25) is 9.69 Å². The first-order chi connectivity index (χ1) is 12.2. The van der Waals surface area contributed by atoms with Crippen molar-refractivity contribution in [1.29, 1.82) is 0 Å². The lowest BCUT2D eigenvalue weighted by molar-refractivity contribution is -0.122. The molecule has 0 aliphatic heterocycles. The van der Waals surface area contributed by atoms with Crippen LogP contribution in [0.4, 0.5) is 0 Å². The van der Waals surface area contributed by atoms with Crippen molar-refractivity contribution in [3.63, 3.8) is 0 Å². The van der Waals surface area contributed by atoms with E-state index in [1.165, 1.54) is 17.7 Å². The van der Waals surface area contributed by atoms with Gasteiger partial charge >= 0.3 is 0 Å². The van der Waals surface area contributed by atoms with Crippen LogP contribution in [0.15, 0.2) is 41.8 Å². The summed E-state index contributed by atoms with van der Waals surface area (Å²) in [5, 5.41) is 5.14. The second kappa shape index (κ2) is 9.13. The molecule has 0 radical (unpaired) electrons. The fourth-order valence-corrected chi connectivity index (χ4v) is 3.50. The van der Waals surface area contributed by atoms with Gasteiger partial charge in [0.15, 0.2) is 0 Å². The monoisotopic (exact) mass is 358 g/mol. The zero-order valence-corrected chi connectivity index (χ0v) is 15.6. The maximum absolute atomic E-state index is 12.3. The largest absolute Gasteiger partial charge is 0.377 e. The van der Waals surface area contributed by atoms with Crippen LogP contribution in [0.5, 0.6) is 0 Å². The smallest absolute Gasteiger partial charge is 0.234 e. The van der Waals surface area contributed by atoms with Gasteiger partial charge < -0.3 is 10.1 Å². The highest BCUT2D eigenvalue weighted by atomic mass is 32.1. The lowest BCUT2D eigenvalue weighted by Crippen LogP contribution is -2.37. The SMILES string of the molecule is CCOCc1ccc(CNC(=O)CN(Cc2cccs2)C2CC2)cc1. The lowest BCUT2D eigenvalue weighted by atomic mass is 10.1. The Morgan fingerprint density at radius 3 is 2.64 bits per heavy atom. The van der Waals surface area contributed by atoms with Crippen molar-refractivity contribution in [2.45, 2.75) is 45.5 Å². The fraction of sp³-hybridized carbons (Fsp3) is 0.450. The molecule has 0 spiro atoms. The van der Waals surface area contributed by atoms with Gasteiger partial charge in [-0.2, -0.15) is 0 Å². The molecule has 1 heterocycles. The molecule has 1 amide bonds. The van der Waals surface area contributed by atoms with Crippen LogP contribution in [0.3, 0.4) is 0 Å². The summed E-state index contributed by atoms with van der Waals surface area (Å²) >= 11 is 1.76. The second-order valence-corrected chi connectivity index (χ2v) is 7.48. The van der Waals surface area contributed by atoms with Crippen molar-refractivity contribution in [3.05, 3.63) is 57.8 Å². The number of carbonyl (C=O) groups is 1. The fourth-order valence-electron chi connectivity index (χ4n) is 2.77. The van der Waals surface area contributed by atoms with Crippen LogP contribution in [-0.4, -0.2) is 30.0 Å². The molecule has 4 nitrogen and oxygen atoms in total. The van der Waals surface area contributed by atoms with E-state index in [0.29, 0.717) is 25.7 Å². The van der Waals surface area contributed by atoms with Gasteiger partial charge in [-0.05, 0) is 42.3 Å². The third kappa shape index (κ3) is 5.96. The van der Waals surface area contributed by atoms with Gasteiger partial charge in [-0.1, -0.05) is 30.3 Å². The minimum atomic E-state index is 0.0989. The van der Waals surface area contributed by atoms with Gasteiger partial charge in [-0.15, -0.1) is 11.3 Å².